The fraction of sp³-hybridized carbons (Fsp3) is 0.970. The summed E-state index contributed by atoms with van der Waals surface area (Å²) in [5.74, 6) is 2.83. The average Bonchev–Trinajstić information content (AvgIpc) is 0.749. The van der Waals surface area contributed by atoms with Crippen LogP contribution in [0.2, 0.25) is 0 Å². The van der Waals surface area contributed by atoms with Crippen molar-refractivity contribution in [3.8, 4) is 0 Å². The molecule has 4 N–H and O–H groups in total. The van der Waals surface area contributed by atoms with Crippen LogP contribution < -0.4 is 16.4 Å². The van der Waals surface area contributed by atoms with Crippen LogP contribution in [0.15, 0.2) is 0 Å². The van der Waals surface area contributed by atoms with Gasteiger partial charge in [-0.2, -0.15) is 0 Å². The van der Waals surface area contributed by atoms with Crippen LogP contribution in [-0.4, -0.2) is 322 Å². The molecule has 94 heavy (non-hydrogen) atoms. The zero-order valence-electron chi connectivity index (χ0n) is 57.7. The Morgan fingerprint density at radius 3 is 0.702 bits per heavy atom. The lowest BCUT2D eigenvalue weighted by molar-refractivity contribution is -0.146. The highest BCUT2D eigenvalue weighted by Gasteiger charge is 2.54. The molecule has 4 fully saturated rings. The summed E-state index contributed by atoms with van der Waals surface area (Å²) >= 11 is 0. The Hall–Kier alpha value is -1.98. The number of unbranched alkanes of at least 4 members (excludes halogenated alkanes) is 4. The number of amides is 2. The molecule has 0 aromatic rings. The number of nitrogens with one attached hydrogen (secondary N) is 2. The van der Waals surface area contributed by atoms with Crippen molar-refractivity contribution in [2.75, 3.05) is 310 Å². The monoisotopic (exact) mass is 1360 g/mol. The van der Waals surface area contributed by atoms with Gasteiger partial charge in [0.25, 0.3) is 0 Å². The van der Waals surface area contributed by atoms with Crippen LogP contribution in [0.4, 0.5) is 0 Å². The van der Waals surface area contributed by atoms with E-state index in [1.807, 2.05) is 0 Å². The van der Waals surface area contributed by atoms with Crippen molar-refractivity contribution < 1.29 is 114 Å². The number of hydrogen-bond acceptors (Lipinski definition) is 25. The Kier molecular flexibility index (Phi) is 62.5. The maximum Gasteiger partial charge on any atom is 0.226 e. The number of carbonyl (C=O) groups is 2. The van der Waals surface area contributed by atoms with Crippen molar-refractivity contribution in [2.45, 2.75) is 89.9 Å². The van der Waals surface area contributed by atoms with Gasteiger partial charge in [0.15, 0.2) is 0 Å². The lowest BCUT2D eigenvalue weighted by Gasteiger charge is -2.55. The normalized spacial score (nSPS) is 17.5. The summed E-state index contributed by atoms with van der Waals surface area (Å²) in [6.45, 7) is 24.1. The van der Waals surface area contributed by atoms with E-state index in [-0.39, 0.29) is 11.3 Å². The van der Waals surface area contributed by atoms with Gasteiger partial charge in [-0.05, 0) is 88.5 Å². The standard InChI is InChI=1S/C67H129N3O24/c68-9-6-12-73-14-16-75-18-20-77-22-24-79-26-28-81-30-32-83-34-36-85-38-40-87-42-44-89-46-48-91-50-52-93-54-55-94-53-51-92-49-47-90-45-43-88-41-39-86-37-35-84-33-31-82-29-27-80-25-23-78-21-19-76-17-15-74-13-7-11-69-65(71)8-4-2-1-3-5-10-70-66(72)67-59-62-56-63(60-67)58-64(57-62)61-67/h62-64H,1-61,68H2,(H,69,71)(H,70,72). The second-order valence-corrected chi connectivity index (χ2v) is 23.3. The van der Waals surface area contributed by atoms with Crippen LogP contribution in [0.3, 0.4) is 0 Å². The number of hydrogen-bond donors (Lipinski definition) is 3. The lowest BCUT2D eigenvalue weighted by atomic mass is 9.49. The minimum absolute atomic E-state index is 0.0482. The molecule has 0 saturated heterocycles. The molecule has 0 aromatic heterocycles. The summed E-state index contributed by atoms with van der Waals surface area (Å²) in [7, 11) is 0. The molecular formula is C67H129N3O24. The zero-order chi connectivity index (χ0) is 66.5. The topological polar surface area (TPSA) is 287 Å². The van der Waals surface area contributed by atoms with Crippen LogP contribution in [0.1, 0.15) is 89.9 Å². The Balaban J connectivity index is 0.841. The number of ether oxygens (including phenoxy) is 22. The number of carbonyl (C=O) groups excluding carboxylic acids is 2. The van der Waals surface area contributed by atoms with Crippen molar-refractivity contribution in [3.05, 3.63) is 0 Å². The van der Waals surface area contributed by atoms with Gasteiger partial charge in [0, 0.05) is 38.1 Å². The third kappa shape index (κ3) is 54.9. The molecule has 0 atom stereocenters. The molecule has 4 aliphatic carbocycles. The van der Waals surface area contributed by atoms with Gasteiger partial charge in [-0.15, -0.1) is 0 Å². The smallest absolute Gasteiger partial charge is 0.226 e. The van der Waals surface area contributed by atoms with Gasteiger partial charge in [0.2, 0.25) is 11.8 Å². The first kappa shape index (κ1) is 86.2. The number of rotatable bonds is 79. The summed E-state index contributed by atoms with van der Waals surface area (Å²) in [6, 6.07) is 0. The van der Waals surface area contributed by atoms with Gasteiger partial charge in [-0.25, -0.2) is 0 Å². The first-order valence-corrected chi connectivity index (χ1v) is 35.6. The summed E-state index contributed by atoms with van der Waals surface area (Å²) in [5, 5.41) is 6.28. The molecule has 4 aliphatic rings. The predicted octanol–water partition coefficient (Wildman–Crippen LogP) is 3.88. The van der Waals surface area contributed by atoms with Crippen LogP contribution >= 0.6 is 0 Å². The van der Waals surface area contributed by atoms with Crippen LogP contribution in [-0.2, 0) is 114 Å². The van der Waals surface area contributed by atoms with Crippen molar-refractivity contribution in [1.82, 2.24) is 10.6 Å². The zero-order valence-corrected chi connectivity index (χ0v) is 57.7. The fourth-order valence-corrected chi connectivity index (χ4v) is 11.1. The molecule has 4 bridgehead atoms. The molecule has 0 aliphatic heterocycles. The van der Waals surface area contributed by atoms with E-state index in [4.69, 9.17) is 110 Å². The first-order chi connectivity index (χ1) is 46.6. The lowest BCUT2D eigenvalue weighted by Crippen LogP contribution is -2.53. The molecule has 2 amide bonds. The molecule has 27 nitrogen and oxygen atoms in total. The van der Waals surface area contributed by atoms with E-state index >= 15 is 0 Å². The van der Waals surface area contributed by atoms with Crippen molar-refractivity contribution >= 4 is 11.8 Å². The summed E-state index contributed by atoms with van der Waals surface area (Å²) in [4.78, 5) is 25.3. The van der Waals surface area contributed by atoms with E-state index in [2.05, 4.69) is 10.6 Å². The minimum Gasteiger partial charge on any atom is -0.379 e. The SMILES string of the molecule is NCCCOCCOCCOCCOCCOCCOCCOCCOCCOCCOCCOCCOCCOCCOCCOCCOCCOCCOCCOCCOCCOCCOCCCNC(=O)CCCCCCCNC(=O)C12CC3CC(CC(C3)C1)C2. The predicted molar refractivity (Wildman–Crippen MR) is 351 cm³/mol. The van der Waals surface area contributed by atoms with E-state index in [9.17, 15) is 9.59 Å². The largest absolute Gasteiger partial charge is 0.379 e. The Labute approximate surface area is 563 Å². The maximum atomic E-state index is 13.1. The minimum atomic E-state index is -0.0482. The fourth-order valence-electron chi connectivity index (χ4n) is 11.1. The van der Waals surface area contributed by atoms with E-state index in [1.165, 1.54) is 19.3 Å². The van der Waals surface area contributed by atoms with Crippen molar-refractivity contribution in [2.24, 2.45) is 28.9 Å². The van der Waals surface area contributed by atoms with E-state index in [0.717, 1.165) is 88.5 Å². The van der Waals surface area contributed by atoms with Crippen molar-refractivity contribution in [1.29, 1.82) is 0 Å². The quantitative estimate of drug-likeness (QED) is 0.0728. The second-order valence-electron chi connectivity index (χ2n) is 23.3. The van der Waals surface area contributed by atoms with Gasteiger partial charge in [-0.1, -0.05) is 19.3 Å². The first-order valence-electron chi connectivity index (χ1n) is 35.6. The van der Waals surface area contributed by atoms with Gasteiger partial charge in [0.05, 0.1) is 277 Å². The highest BCUT2D eigenvalue weighted by atomic mass is 16.6. The maximum absolute atomic E-state index is 13.1. The molecule has 4 rings (SSSR count). The molecule has 0 spiro atoms. The molecule has 4 saturated carbocycles. The summed E-state index contributed by atoms with van der Waals surface area (Å²) in [5.41, 5.74) is 5.36. The molecule has 0 radical (unpaired) electrons. The highest BCUT2D eigenvalue weighted by molar-refractivity contribution is 5.83. The van der Waals surface area contributed by atoms with Crippen LogP contribution in [0.25, 0.3) is 0 Å². The summed E-state index contributed by atoms with van der Waals surface area (Å²) in [6.07, 6.45) is 14.8. The average molecular weight is 1360 g/mol. The molecule has 27 heteroatoms. The van der Waals surface area contributed by atoms with E-state index < -0.39 is 0 Å². The second kappa shape index (κ2) is 68.2. The van der Waals surface area contributed by atoms with Gasteiger partial charge in [0.1, 0.15) is 0 Å². The van der Waals surface area contributed by atoms with Gasteiger partial charge in [-0.3, -0.25) is 9.59 Å². The van der Waals surface area contributed by atoms with Crippen LogP contribution in [0.5, 0.6) is 0 Å². The summed E-state index contributed by atoms with van der Waals surface area (Å²) < 4.78 is 121. The van der Waals surface area contributed by atoms with Gasteiger partial charge < -0.3 is 121 Å². The molecule has 556 valence electrons. The van der Waals surface area contributed by atoms with Gasteiger partial charge >= 0.3 is 0 Å². The molecule has 0 heterocycles. The third-order valence-electron chi connectivity index (χ3n) is 15.5. The highest BCUT2D eigenvalue weighted by Crippen LogP contribution is 2.60. The Morgan fingerprint density at radius 1 is 0.255 bits per heavy atom. The van der Waals surface area contributed by atoms with Crippen LogP contribution in [0, 0.1) is 23.2 Å². The van der Waals surface area contributed by atoms with E-state index in [0.29, 0.717) is 316 Å². The molecular weight excluding hydrogens is 1230 g/mol. The Morgan fingerprint density at radius 2 is 0.457 bits per heavy atom. The van der Waals surface area contributed by atoms with E-state index in [1.54, 1.807) is 0 Å². The van der Waals surface area contributed by atoms with Crippen molar-refractivity contribution in [3.63, 3.8) is 0 Å². The number of nitrogens with two attached hydrogens (primary N) is 1. The molecule has 0 aromatic carbocycles. The Bertz CT molecular complexity index is 1570. The third-order valence-corrected chi connectivity index (χ3v) is 15.5. The molecule has 0 unspecified atom stereocenters.